The van der Waals surface area contributed by atoms with E-state index in [9.17, 15) is 9.59 Å². The maximum atomic E-state index is 12.1. The first-order valence-electron chi connectivity index (χ1n) is 8.39. The maximum Gasteiger partial charge on any atom is 0.243 e. The van der Waals surface area contributed by atoms with Gasteiger partial charge in [0.15, 0.2) is 0 Å². The molecule has 0 saturated heterocycles. The Morgan fingerprint density at radius 1 is 0.963 bits per heavy atom. The van der Waals surface area contributed by atoms with E-state index in [4.69, 9.17) is 27.9 Å². The molecule has 0 aliphatic carbocycles. The zero-order chi connectivity index (χ0) is 19.8. The van der Waals surface area contributed by atoms with Crippen LogP contribution in [-0.4, -0.2) is 25.5 Å². The van der Waals surface area contributed by atoms with Gasteiger partial charge in [0.1, 0.15) is 5.75 Å². The number of hydrogen-bond donors (Lipinski definition) is 3. The van der Waals surface area contributed by atoms with E-state index in [-0.39, 0.29) is 18.4 Å². The number of nitrogens with one attached hydrogen (secondary N) is 3. The normalized spacial score (nSPS) is 10.2. The predicted octanol–water partition coefficient (Wildman–Crippen LogP) is 4.79. The molecule has 27 heavy (non-hydrogen) atoms. The maximum absolute atomic E-state index is 12.1. The van der Waals surface area contributed by atoms with E-state index < -0.39 is 0 Å². The number of ether oxygens (including phenoxy) is 1. The van der Waals surface area contributed by atoms with Crippen LogP contribution in [0.3, 0.4) is 0 Å². The highest BCUT2D eigenvalue weighted by Crippen LogP contribution is 2.28. The molecule has 2 amide bonds. The molecule has 144 valence electrons. The first kappa shape index (κ1) is 20.9. The van der Waals surface area contributed by atoms with Crippen molar-refractivity contribution >= 4 is 52.1 Å². The Hall–Kier alpha value is -2.44. The second-order valence-electron chi connectivity index (χ2n) is 5.74. The molecule has 8 heteroatoms. The lowest BCUT2D eigenvalue weighted by molar-refractivity contribution is -0.116. The summed E-state index contributed by atoms with van der Waals surface area (Å²) < 4.78 is 5.08. The van der Waals surface area contributed by atoms with Gasteiger partial charge in [0, 0.05) is 17.8 Å². The van der Waals surface area contributed by atoms with Crippen molar-refractivity contribution in [3.63, 3.8) is 0 Å². The zero-order valence-electron chi connectivity index (χ0n) is 15.1. The SMILES string of the molecule is CCCC(=O)Nc1ccc(Cl)c(NCC(=O)Nc2ccc(OC)c(Cl)c2)c1. The standard InChI is InChI=1S/C19H21Cl2N3O3/c1-3-4-18(25)23-13-5-7-14(20)16(10-13)22-11-19(26)24-12-6-8-17(27-2)15(21)9-12/h5-10,22H,3-4,11H2,1-2H3,(H,23,25)(H,24,26). The highest BCUT2D eigenvalue weighted by atomic mass is 35.5. The molecule has 0 bridgehead atoms. The molecule has 2 aromatic carbocycles. The van der Waals surface area contributed by atoms with Gasteiger partial charge in [0.25, 0.3) is 0 Å². The molecule has 0 spiro atoms. The molecule has 0 radical (unpaired) electrons. The third kappa shape index (κ3) is 6.34. The predicted molar refractivity (Wildman–Crippen MR) is 110 cm³/mol. The van der Waals surface area contributed by atoms with Crippen molar-refractivity contribution in [1.82, 2.24) is 0 Å². The van der Waals surface area contributed by atoms with Gasteiger partial charge in [-0.2, -0.15) is 0 Å². The zero-order valence-corrected chi connectivity index (χ0v) is 16.6. The number of halogens is 2. The van der Waals surface area contributed by atoms with Crippen LogP contribution < -0.4 is 20.7 Å². The average Bonchev–Trinajstić information content (AvgIpc) is 2.62. The summed E-state index contributed by atoms with van der Waals surface area (Å²) in [7, 11) is 1.52. The van der Waals surface area contributed by atoms with E-state index >= 15 is 0 Å². The number of carbonyl (C=O) groups is 2. The molecule has 0 saturated carbocycles. The quantitative estimate of drug-likeness (QED) is 0.585. The molecule has 2 aromatic rings. The minimum Gasteiger partial charge on any atom is -0.495 e. The van der Waals surface area contributed by atoms with E-state index in [0.29, 0.717) is 39.3 Å². The molecule has 2 rings (SSSR count). The summed E-state index contributed by atoms with van der Waals surface area (Å²) in [6.07, 6.45) is 1.21. The second-order valence-corrected chi connectivity index (χ2v) is 6.56. The van der Waals surface area contributed by atoms with Gasteiger partial charge in [-0.1, -0.05) is 30.1 Å². The van der Waals surface area contributed by atoms with E-state index in [1.807, 2.05) is 6.92 Å². The van der Waals surface area contributed by atoms with Crippen molar-refractivity contribution < 1.29 is 14.3 Å². The Morgan fingerprint density at radius 3 is 2.30 bits per heavy atom. The van der Waals surface area contributed by atoms with Crippen molar-refractivity contribution in [1.29, 1.82) is 0 Å². The smallest absolute Gasteiger partial charge is 0.243 e. The summed E-state index contributed by atoms with van der Waals surface area (Å²) in [5.74, 6) is 0.189. The summed E-state index contributed by atoms with van der Waals surface area (Å²) in [6.45, 7) is 1.93. The number of rotatable bonds is 8. The van der Waals surface area contributed by atoms with Crippen LogP contribution in [0.4, 0.5) is 17.1 Å². The molecule has 0 unspecified atom stereocenters. The lowest BCUT2D eigenvalue weighted by Gasteiger charge is -2.12. The fraction of sp³-hybridized carbons (Fsp3) is 0.263. The Bertz CT molecular complexity index is 828. The summed E-state index contributed by atoms with van der Waals surface area (Å²) >= 11 is 12.2. The van der Waals surface area contributed by atoms with Gasteiger partial charge in [-0.25, -0.2) is 0 Å². The van der Waals surface area contributed by atoms with Gasteiger partial charge < -0.3 is 20.7 Å². The monoisotopic (exact) mass is 409 g/mol. The van der Waals surface area contributed by atoms with Gasteiger partial charge in [0.05, 0.1) is 29.4 Å². The number of carbonyl (C=O) groups excluding carboxylic acids is 2. The summed E-state index contributed by atoms with van der Waals surface area (Å²) in [6, 6.07) is 10.0. The molecule has 6 nitrogen and oxygen atoms in total. The van der Waals surface area contributed by atoms with Crippen molar-refractivity contribution in [3.05, 3.63) is 46.4 Å². The highest BCUT2D eigenvalue weighted by Gasteiger charge is 2.09. The van der Waals surface area contributed by atoms with Crippen molar-refractivity contribution in [2.75, 3.05) is 29.6 Å². The molecule has 0 aromatic heterocycles. The molecule has 0 heterocycles. The Balaban J connectivity index is 1.96. The Labute approximate surface area is 168 Å². The Kier molecular flexibility index (Phi) is 7.76. The number of benzene rings is 2. The van der Waals surface area contributed by atoms with E-state index in [0.717, 1.165) is 6.42 Å². The third-order valence-electron chi connectivity index (χ3n) is 3.60. The molecular formula is C19H21Cl2N3O3. The van der Waals surface area contributed by atoms with Crippen LogP contribution in [0, 0.1) is 0 Å². The van der Waals surface area contributed by atoms with Gasteiger partial charge in [-0.05, 0) is 42.8 Å². The lowest BCUT2D eigenvalue weighted by atomic mass is 10.2. The minimum absolute atomic E-state index is 0.00424. The van der Waals surface area contributed by atoms with Gasteiger partial charge in [-0.3, -0.25) is 9.59 Å². The number of anilines is 3. The molecule has 0 atom stereocenters. The van der Waals surface area contributed by atoms with Crippen molar-refractivity contribution in [3.8, 4) is 5.75 Å². The van der Waals surface area contributed by atoms with E-state index in [2.05, 4.69) is 16.0 Å². The number of hydrogen-bond acceptors (Lipinski definition) is 4. The van der Waals surface area contributed by atoms with Crippen LogP contribution in [0.2, 0.25) is 10.0 Å². The van der Waals surface area contributed by atoms with Crippen LogP contribution in [0.25, 0.3) is 0 Å². The molecule has 0 fully saturated rings. The number of methoxy groups -OCH3 is 1. The highest BCUT2D eigenvalue weighted by molar-refractivity contribution is 6.33. The molecule has 0 aliphatic heterocycles. The fourth-order valence-electron chi connectivity index (χ4n) is 2.31. The average molecular weight is 410 g/mol. The van der Waals surface area contributed by atoms with Gasteiger partial charge >= 0.3 is 0 Å². The minimum atomic E-state index is -0.271. The van der Waals surface area contributed by atoms with E-state index in [1.165, 1.54) is 7.11 Å². The van der Waals surface area contributed by atoms with Gasteiger partial charge in [-0.15, -0.1) is 0 Å². The van der Waals surface area contributed by atoms with Gasteiger partial charge in [0.2, 0.25) is 11.8 Å². The summed E-state index contributed by atoms with van der Waals surface area (Å²) in [5.41, 5.74) is 1.72. The first-order chi connectivity index (χ1) is 12.9. The largest absolute Gasteiger partial charge is 0.495 e. The van der Waals surface area contributed by atoms with Crippen LogP contribution in [0.5, 0.6) is 5.75 Å². The fourth-order valence-corrected chi connectivity index (χ4v) is 2.76. The van der Waals surface area contributed by atoms with Crippen LogP contribution >= 0.6 is 23.2 Å². The van der Waals surface area contributed by atoms with E-state index in [1.54, 1.807) is 36.4 Å². The third-order valence-corrected chi connectivity index (χ3v) is 4.23. The summed E-state index contributed by atoms with van der Waals surface area (Å²) in [4.78, 5) is 23.9. The van der Waals surface area contributed by atoms with Crippen LogP contribution in [-0.2, 0) is 9.59 Å². The molecular weight excluding hydrogens is 389 g/mol. The Morgan fingerprint density at radius 2 is 1.63 bits per heavy atom. The van der Waals surface area contributed by atoms with Crippen LogP contribution in [0.1, 0.15) is 19.8 Å². The lowest BCUT2D eigenvalue weighted by Crippen LogP contribution is -2.22. The second kappa shape index (κ2) is 10.0. The van der Waals surface area contributed by atoms with Crippen molar-refractivity contribution in [2.45, 2.75) is 19.8 Å². The molecule has 3 N–H and O–H groups in total. The number of amides is 2. The topological polar surface area (TPSA) is 79.5 Å². The van der Waals surface area contributed by atoms with Crippen LogP contribution in [0.15, 0.2) is 36.4 Å². The summed E-state index contributed by atoms with van der Waals surface area (Å²) in [5, 5.41) is 9.34. The van der Waals surface area contributed by atoms with Crippen molar-refractivity contribution in [2.24, 2.45) is 0 Å². The molecule has 0 aliphatic rings. The first-order valence-corrected chi connectivity index (χ1v) is 9.15.